The molecule has 84 valence electrons. The molecule has 0 aromatic carbocycles. The summed E-state index contributed by atoms with van der Waals surface area (Å²) in [6.07, 6.45) is 0.700. The van der Waals surface area contributed by atoms with Gasteiger partial charge >= 0.3 is 5.97 Å². The summed E-state index contributed by atoms with van der Waals surface area (Å²) < 4.78 is 9.68. The van der Waals surface area contributed by atoms with E-state index in [4.69, 9.17) is 14.3 Å². The van der Waals surface area contributed by atoms with Crippen LogP contribution in [0.2, 0.25) is 0 Å². The van der Waals surface area contributed by atoms with Crippen LogP contribution in [0.3, 0.4) is 0 Å². The van der Waals surface area contributed by atoms with Crippen molar-refractivity contribution in [2.45, 2.75) is 20.0 Å². The van der Waals surface area contributed by atoms with Crippen LogP contribution >= 0.6 is 0 Å². The van der Waals surface area contributed by atoms with Gasteiger partial charge in [-0.15, -0.1) is 0 Å². The Labute approximate surface area is 87.3 Å². The number of oxazole rings is 1. The second kappa shape index (κ2) is 5.35. The number of esters is 1. The average molecular weight is 214 g/mol. The van der Waals surface area contributed by atoms with E-state index in [0.717, 1.165) is 0 Å². The molecule has 1 aromatic rings. The van der Waals surface area contributed by atoms with Crippen LogP contribution < -0.4 is 5.32 Å². The van der Waals surface area contributed by atoms with Gasteiger partial charge in [-0.2, -0.15) is 4.98 Å². The second-order valence-corrected chi connectivity index (χ2v) is 2.99. The van der Waals surface area contributed by atoms with Crippen molar-refractivity contribution in [1.82, 2.24) is 4.98 Å². The summed E-state index contributed by atoms with van der Waals surface area (Å²) in [4.78, 5) is 15.0. The van der Waals surface area contributed by atoms with Crippen molar-refractivity contribution in [3.8, 4) is 0 Å². The van der Waals surface area contributed by atoms with Gasteiger partial charge in [0.15, 0.2) is 5.69 Å². The predicted octanol–water partition coefficient (Wildman–Crippen LogP) is 0.644. The highest BCUT2D eigenvalue weighted by Crippen LogP contribution is 2.08. The van der Waals surface area contributed by atoms with Crippen molar-refractivity contribution in [2.75, 3.05) is 18.5 Å². The van der Waals surface area contributed by atoms with E-state index in [0.29, 0.717) is 13.2 Å². The highest BCUT2D eigenvalue weighted by molar-refractivity contribution is 5.87. The largest absolute Gasteiger partial charge is 0.461 e. The van der Waals surface area contributed by atoms with Crippen LogP contribution in [-0.4, -0.2) is 35.3 Å². The van der Waals surface area contributed by atoms with Crippen molar-refractivity contribution in [3.63, 3.8) is 0 Å². The summed E-state index contributed by atoms with van der Waals surface area (Å²) in [6.45, 7) is 3.94. The molecular weight excluding hydrogens is 200 g/mol. The number of aliphatic hydroxyl groups excluding tert-OH is 1. The molecule has 0 amide bonds. The van der Waals surface area contributed by atoms with Crippen LogP contribution in [0.15, 0.2) is 10.7 Å². The number of ether oxygens (including phenoxy) is 1. The summed E-state index contributed by atoms with van der Waals surface area (Å²) in [6, 6.07) is 0.193. The number of nitrogens with one attached hydrogen (secondary N) is 1. The Balaban J connectivity index is 2.52. The van der Waals surface area contributed by atoms with E-state index < -0.39 is 12.1 Å². The Bertz CT molecular complexity index is 322. The van der Waals surface area contributed by atoms with Crippen molar-refractivity contribution < 1.29 is 19.1 Å². The molecule has 0 saturated carbocycles. The first-order valence-electron chi connectivity index (χ1n) is 4.68. The molecule has 0 spiro atoms. The lowest BCUT2D eigenvalue weighted by Gasteiger charge is -2.02. The molecule has 0 aliphatic rings. The van der Waals surface area contributed by atoms with E-state index in [1.54, 1.807) is 13.8 Å². The number of nitrogens with zero attached hydrogens (tertiary/aromatic N) is 1. The van der Waals surface area contributed by atoms with Gasteiger partial charge in [0.1, 0.15) is 6.26 Å². The maximum atomic E-state index is 11.2. The standard InChI is InChI=1S/C9H14N2O4/c1-3-14-8(13)7-5-15-9(11-7)10-4-6(2)12/h5-6,12H,3-4H2,1-2H3,(H,10,11). The molecule has 0 radical (unpaired) electrons. The average Bonchev–Trinajstić information content (AvgIpc) is 2.63. The van der Waals surface area contributed by atoms with Crippen molar-refractivity contribution in [1.29, 1.82) is 0 Å². The van der Waals surface area contributed by atoms with Gasteiger partial charge in [0, 0.05) is 6.54 Å². The minimum absolute atomic E-state index is 0.116. The molecule has 0 aliphatic heterocycles. The van der Waals surface area contributed by atoms with Crippen molar-refractivity contribution >= 4 is 12.0 Å². The van der Waals surface area contributed by atoms with Gasteiger partial charge in [-0.25, -0.2) is 4.79 Å². The topological polar surface area (TPSA) is 84.6 Å². The van der Waals surface area contributed by atoms with Crippen molar-refractivity contribution in [3.05, 3.63) is 12.0 Å². The number of rotatable bonds is 5. The summed E-state index contributed by atoms with van der Waals surface area (Å²) in [7, 11) is 0. The Morgan fingerprint density at radius 1 is 1.80 bits per heavy atom. The minimum Gasteiger partial charge on any atom is -0.461 e. The lowest BCUT2D eigenvalue weighted by molar-refractivity contribution is 0.0519. The number of aliphatic hydroxyl groups is 1. The van der Waals surface area contributed by atoms with E-state index >= 15 is 0 Å². The molecule has 6 heteroatoms. The van der Waals surface area contributed by atoms with Crippen LogP contribution in [-0.2, 0) is 4.74 Å². The molecule has 2 N–H and O–H groups in total. The van der Waals surface area contributed by atoms with Crippen LogP contribution in [0.25, 0.3) is 0 Å². The van der Waals surface area contributed by atoms with E-state index in [-0.39, 0.29) is 11.7 Å². The summed E-state index contributed by atoms with van der Waals surface area (Å²) in [5.41, 5.74) is 0.116. The molecule has 0 aliphatic carbocycles. The summed E-state index contributed by atoms with van der Waals surface area (Å²) in [5.74, 6) is -0.522. The molecule has 1 rings (SSSR count). The molecule has 1 aromatic heterocycles. The van der Waals surface area contributed by atoms with Crippen LogP contribution in [0.1, 0.15) is 24.3 Å². The first kappa shape index (κ1) is 11.5. The van der Waals surface area contributed by atoms with Crippen LogP contribution in [0.5, 0.6) is 0 Å². The Hall–Kier alpha value is -1.56. The minimum atomic E-state index is -0.522. The van der Waals surface area contributed by atoms with E-state index in [1.165, 1.54) is 6.26 Å². The summed E-state index contributed by atoms with van der Waals surface area (Å²) >= 11 is 0. The predicted molar refractivity (Wildman–Crippen MR) is 52.6 cm³/mol. The third-order valence-electron chi connectivity index (χ3n) is 1.54. The van der Waals surface area contributed by atoms with Crippen molar-refractivity contribution in [2.24, 2.45) is 0 Å². The fourth-order valence-electron chi connectivity index (χ4n) is 0.889. The maximum absolute atomic E-state index is 11.2. The van der Waals surface area contributed by atoms with Gasteiger partial charge in [-0.05, 0) is 13.8 Å². The van der Waals surface area contributed by atoms with E-state index in [2.05, 4.69) is 10.3 Å². The van der Waals surface area contributed by atoms with Crippen LogP contribution in [0.4, 0.5) is 6.01 Å². The van der Waals surface area contributed by atoms with Gasteiger partial charge in [-0.1, -0.05) is 0 Å². The molecule has 0 fully saturated rings. The zero-order chi connectivity index (χ0) is 11.3. The number of hydrogen-bond donors (Lipinski definition) is 2. The Kier molecular flexibility index (Phi) is 4.11. The molecule has 1 atom stereocenters. The van der Waals surface area contributed by atoms with Gasteiger partial charge < -0.3 is 19.6 Å². The highest BCUT2D eigenvalue weighted by atomic mass is 16.5. The quantitative estimate of drug-likeness (QED) is 0.700. The SMILES string of the molecule is CCOC(=O)c1coc(NCC(C)O)n1. The fraction of sp³-hybridized carbons (Fsp3) is 0.556. The van der Waals surface area contributed by atoms with Crippen LogP contribution in [0, 0.1) is 0 Å². The maximum Gasteiger partial charge on any atom is 0.360 e. The Morgan fingerprint density at radius 2 is 2.53 bits per heavy atom. The third kappa shape index (κ3) is 3.59. The lowest BCUT2D eigenvalue weighted by atomic mass is 10.4. The molecule has 1 heterocycles. The number of hydrogen-bond acceptors (Lipinski definition) is 6. The normalized spacial score (nSPS) is 12.2. The molecule has 6 nitrogen and oxygen atoms in total. The molecule has 0 bridgehead atoms. The molecule has 0 saturated heterocycles. The molecular formula is C9H14N2O4. The highest BCUT2D eigenvalue weighted by Gasteiger charge is 2.12. The van der Waals surface area contributed by atoms with Gasteiger partial charge in [0.05, 0.1) is 12.7 Å². The van der Waals surface area contributed by atoms with E-state index in [1.807, 2.05) is 0 Å². The summed E-state index contributed by atoms with van der Waals surface area (Å²) in [5, 5.41) is 11.7. The van der Waals surface area contributed by atoms with E-state index in [9.17, 15) is 4.79 Å². The number of carbonyl (C=O) groups is 1. The Morgan fingerprint density at radius 3 is 3.13 bits per heavy atom. The zero-order valence-electron chi connectivity index (χ0n) is 8.69. The first-order chi connectivity index (χ1) is 7.13. The number of aromatic nitrogens is 1. The molecule has 15 heavy (non-hydrogen) atoms. The fourth-order valence-corrected chi connectivity index (χ4v) is 0.889. The second-order valence-electron chi connectivity index (χ2n) is 2.99. The number of anilines is 1. The van der Waals surface area contributed by atoms with Gasteiger partial charge in [0.25, 0.3) is 6.01 Å². The monoisotopic (exact) mass is 214 g/mol. The lowest BCUT2D eigenvalue weighted by Crippen LogP contribution is -2.15. The third-order valence-corrected chi connectivity index (χ3v) is 1.54. The first-order valence-corrected chi connectivity index (χ1v) is 4.68. The number of carbonyl (C=O) groups excluding carboxylic acids is 1. The van der Waals surface area contributed by atoms with Gasteiger partial charge in [-0.3, -0.25) is 0 Å². The van der Waals surface area contributed by atoms with Gasteiger partial charge in [0.2, 0.25) is 0 Å². The molecule has 1 unspecified atom stereocenters. The zero-order valence-corrected chi connectivity index (χ0v) is 8.69. The smallest absolute Gasteiger partial charge is 0.360 e.